The molecule has 0 amide bonds. The number of carboxylic acids is 1. The highest BCUT2D eigenvalue weighted by Gasteiger charge is 2.34. The lowest BCUT2D eigenvalue weighted by Crippen LogP contribution is -2.45. The summed E-state index contributed by atoms with van der Waals surface area (Å²) in [7, 11) is -3.43. The van der Waals surface area contributed by atoms with Crippen LogP contribution in [-0.2, 0) is 19.6 Å². The molecule has 2 saturated heterocycles. The van der Waals surface area contributed by atoms with Gasteiger partial charge in [-0.3, -0.25) is 9.69 Å². The molecular weight excluding hydrogens is 272 g/mol. The topological polar surface area (TPSA) is 87.1 Å². The zero-order valence-corrected chi connectivity index (χ0v) is 11.6. The Bertz CT molecular complexity index is 419. The fourth-order valence-corrected chi connectivity index (χ4v) is 4.02. The molecule has 2 rings (SSSR count). The van der Waals surface area contributed by atoms with Gasteiger partial charge in [-0.1, -0.05) is 0 Å². The van der Waals surface area contributed by atoms with Gasteiger partial charge in [-0.2, -0.15) is 0 Å². The van der Waals surface area contributed by atoms with E-state index in [1.165, 1.54) is 4.31 Å². The minimum atomic E-state index is -3.43. The van der Waals surface area contributed by atoms with Gasteiger partial charge in [0.1, 0.15) is 0 Å². The van der Waals surface area contributed by atoms with E-state index in [0.29, 0.717) is 26.3 Å². The predicted molar refractivity (Wildman–Crippen MR) is 68.4 cm³/mol. The SMILES string of the molecule is O=C(O)CCS(=O)(=O)N1CCC(N2CCOCC2)C1. The number of hydrogen-bond donors (Lipinski definition) is 1. The molecule has 1 N–H and O–H groups in total. The van der Waals surface area contributed by atoms with Crippen molar-refractivity contribution in [3.05, 3.63) is 0 Å². The van der Waals surface area contributed by atoms with Crippen molar-refractivity contribution in [2.24, 2.45) is 0 Å². The van der Waals surface area contributed by atoms with Crippen LogP contribution in [0.2, 0.25) is 0 Å². The van der Waals surface area contributed by atoms with Gasteiger partial charge >= 0.3 is 5.97 Å². The van der Waals surface area contributed by atoms with Crippen molar-refractivity contribution < 1.29 is 23.1 Å². The van der Waals surface area contributed by atoms with E-state index in [1.54, 1.807) is 0 Å². The first kappa shape index (κ1) is 14.7. The summed E-state index contributed by atoms with van der Waals surface area (Å²) in [5.74, 6) is -1.38. The maximum absolute atomic E-state index is 12.0. The van der Waals surface area contributed by atoms with Crippen molar-refractivity contribution in [3.8, 4) is 0 Å². The summed E-state index contributed by atoms with van der Waals surface area (Å²) in [6.07, 6.45) is 0.480. The van der Waals surface area contributed by atoms with Gasteiger partial charge in [-0.05, 0) is 6.42 Å². The van der Waals surface area contributed by atoms with Gasteiger partial charge in [-0.15, -0.1) is 0 Å². The van der Waals surface area contributed by atoms with Crippen LogP contribution in [0.4, 0.5) is 0 Å². The molecule has 1 unspecified atom stereocenters. The van der Waals surface area contributed by atoms with Crippen molar-refractivity contribution >= 4 is 16.0 Å². The summed E-state index contributed by atoms with van der Waals surface area (Å²) in [4.78, 5) is 12.7. The molecule has 0 saturated carbocycles. The van der Waals surface area contributed by atoms with Gasteiger partial charge in [0.2, 0.25) is 10.0 Å². The Balaban J connectivity index is 1.88. The second-order valence-electron chi connectivity index (χ2n) is 4.91. The normalized spacial score (nSPS) is 26.6. The van der Waals surface area contributed by atoms with Gasteiger partial charge in [0.15, 0.2) is 0 Å². The minimum Gasteiger partial charge on any atom is -0.481 e. The highest BCUT2D eigenvalue weighted by Crippen LogP contribution is 2.20. The van der Waals surface area contributed by atoms with Crippen LogP contribution >= 0.6 is 0 Å². The van der Waals surface area contributed by atoms with E-state index in [-0.39, 0.29) is 18.2 Å². The monoisotopic (exact) mass is 292 g/mol. The molecule has 0 aromatic carbocycles. The molecule has 19 heavy (non-hydrogen) atoms. The molecule has 0 aliphatic carbocycles. The summed E-state index contributed by atoms with van der Waals surface area (Å²) >= 11 is 0. The summed E-state index contributed by atoms with van der Waals surface area (Å²) in [5.41, 5.74) is 0. The van der Waals surface area contributed by atoms with E-state index in [0.717, 1.165) is 19.5 Å². The number of aliphatic carboxylic acids is 1. The standard InChI is InChI=1S/C11H20N2O5S/c14-11(15)2-8-19(16,17)13-3-1-10(9-13)12-4-6-18-7-5-12/h10H,1-9H2,(H,14,15). The molecule has 8 heteroatoms. The van der Waals surface area contributed by atoms with E-state index >= 15 is 0 Å². The van der Waals surface area contributed by atoms with E-state index in [2.05, 4.69) is 4.90 Å². The molecule has 2 aliphatic rings. The van der Waals surface area contributed by atoms with Gasteiger partial charge in [0, 0.05) is 32.2 Å². The van der Waals surface area contributed by atoms with Gasteiger partial charge in [0.25, 0.3) is 0 Å². The van der Waals surface area contributed by atoms with Gasteiger partial charge < -0.3 is 9.84 Å². The van der Waals surface area contributed by atoms with Crippen LogP contribution in [0.15, 0.2) is 0 Å². The number of carbonyl (C=O) groups is 1. The Hall–Kier alpha value is -0.700. The van der Waals surface area contributed by atoms with Crippen LogP contribution in [0.5, 0.6) is 0 Å². The third kappa shape index (κ3) is 3.88. The van der Waals surface area contributed by atoms with Crippen LogP contribution < -0.4 is 0 Å². The first-order valence-electron chi connectivity index (χ1n) is 6.50. The minimum absolute atomic E-state index is 0.239. The third-order valence-corrected chi connectivity index (χ3v) is 5.49. The average molecular weight is 292 g/mol. The first-order valence-corrected chi connectivity index (χ1v) is 8.11. The fraction of sp³-hybridized carbons (Fsp3) is 0.909. The molecule has 1 atom stereocenters. The lowest BCUT2D eigenvalue weighted by atomic mass is 10.2. The van der Waals surface area contributed by atoms with Crippen molar-refractivity contribution in [3.63, 3.8) is 0 Å². The van der Waals surface area contributed by atoms with Crippen LogP contribution in [0, 0.1) is 0 Å². The molecule has 2 aliphatic heterocycles. The van der Waals surface area contributed by atoms with Crippen LogP contribution in [0.3, 0.4) is 0 Å². The highest BCUT2D eigenvalue weighted by atomic mass is 32.2. The number of nitrogens with zero attached hydrogens (tertiary/aromatic N) is 2. The Morgan fingerprint density at radius 2 is 1.95 bits per heavy atom. The molecule has 0 bridgehead atoms. The number of rotatable bonds is 5. The fourth-order valence-electron chi connectivity index (χ4n) is 2.55. The largest absolute Gasteiger partial charge is 0.481 e. The van der Waals surface area contributed by atoms with E-state index < -0.39 is 16.0 Å². The van der Waals surface area contributed by atoms with Crippen molar-refractivity contribution in [2.75, 3.05) is 45.1 Å². The first-order chi connectivity index (χ1) is 8.99. The number of sulfonamides is 1. The van der Waals surface area contributed by atoms with Crippen molar-refractivity contribution in [1.82, 2.24) is 9.21 Å². The lowest BCUT2D eigenvalue weighted by Gasteiger charge is -2.32. The van der Waals surface area contributed by atoms with Crippen LogP contribution in [0.25, 0.3) is 0 Å². The van der Waals surface area contributed by atoms with Crippen LogP contribution in [0.1, 0.15) is 12.8 Å². The van der Waals surface area contributed by atoms with Crippen LogP contribution in [-0.4, -0.2) is 79.9 Å². The average Bonchev–Trinajstić information content (AvgIpc) is 2.88. The number of hydrogen-bond acceptors (Lipinski definition) is 5. The summed E-state index contributed by atoms with van der Waals surface area (Å²) in [6.45, 7) is 4.04. The summed E-state index contributed by atoms with van der Waals surface area (Å²) < 4.78 is 30.7. The Morgan fingerprint density at radius 1 is 1.26 bits per heavy atom. The molecule has 0 radical (unpaired) electrons. The number of carboxylic acid groups (broad SMARTS) is 1. The maximum Gasteiger partial charge on any atom is 0.304 e. The quantitative estimate of drug-likeness (QED) is 0.713. The summed E-state index contributed by atoms with van der Waals surface area (Å²) in [5, 5.41) is 8.57. The van der Waals surface area contributed by atoms with E-state index in [9.17, 15) is 13.2 Å². The molecule has 0 aromatic heterocycles. The molecule has 2 fully saturated rings. The predicted octanol–water partition coefficient (Wildman–Crippen LogP) is -0.803. The third-order valence-electron chi connectivity index (χ3n) is 3.66. The van der Waals surface area contributed by atoms with E-state index in [4.69, 9.17) is 9.84 Å². The number of morpholine rings is 1. The highest BCUT2D eigenvalue weighted by molar-refractivity contribution is 7.89. The molecule has 0 spiro atoms. The lowest BCUT2D eigenvalue weighted by molar-refractivity contribution is -0.136. The second-order valence-corrected chi connectivity index (χ2v) is 7.00. The second kappa shape index (κ2) is 6.17. The van der Waals surface area contributed by atoms with Crippen molar-refractivity contribution in [1.29, 1.82) is 0 Å². The zero-order valence-electron chi connectivity index (χ0n) is 10.8. The summed E-state index contributed by atoms with van der Waals surface area (Å²) in [6, 6.07) is 0.239. The van der Waals surface area contributed by atoms with Crippen molar-refractivity contribution in [2.45, 2.75) is 18.9 Å². The van der Waals surface area contributed by atoms with Gasteiger partial charge in [0.05, 0.1) is 25.4 Å². The zero-order chi connectivity index (χ0) is 13.9. The Kier molecular flexibility index (Phi) is 4.77. The maximum atomic E-state index is 12.0. The molecule has 110 valence electrons. The molecule has 0 aromatic rings. The number of ether oxygens (including phenoxy) is 1. The molecule has 7 nitrogen and oxygen atoms in total. The Labute approximate surface area is 113 Å². The Morgan fingerprint density at radius 3 is 2.58 bits per heavy atom. The molecule has 2 heterocycles. The molecular formula is C11H20N2O5S. The smallest absolute Gasteiger partial charge is 0.304 e. The van der Waals surface area contributed by atoms with Gasteiger partial charge in [-0.25, -0.2) is 12.7 Å². The van der Waals surface area contributed by atoms with E-state index in [1.807, 2.05) is 0 Å².